The van der Waals surface area contributed by atoms with E-state index in [9.17, 15) is 4.79 Å². The second-order valence-electron chi connectivity index (χ2n) is 4.78. The third kappa shape index (κ3) is 6.80. The van der Waals surface area contributed by atoms with Crippen molar-refractivity contribution in [3.63, 3.8) is 0 Å². The van der Waals surface area contributed by atoms with Crippen LogP contribution < -0.4 is 16.0 Å². The normalized spacial score (nSPS) is 11.1. The molecule has 0 aliphatic rings. The predicted molar refractivity (Wildman–Crippen MR) is 92.7 cm³/mol. The number of benzene rings is 1. The van der Waals surface area contributed by atoms with Crippen molar-refractivity contribution >= 4 is 23.5 Å². The molecule has 0 spiro atoms. The van der Waals surface area contributed by atoms with Gasteiger partial charge in [-0.05, 0) is 25.5 Å². The molecule has 0 aliphatic carbocycles. The fourth-order valence-electron chi connectivity index (χ4n) is 1.79. The number of hydrogen-bond acceptors (Lipinski definition) is 2. The van der Waals surface area contributed by atoms with Crippen LogP contribution in [0, 0.1) is 0 Å². The summed E-state index contributed by atoms with van der Waals surface area (Å²) < 4.78 is 0. The highest BCUT2D eigenvalue weighted by atomic mass is 35.5. The Bertz CT molecular complexity index is 491. The molecule has 122 valence electrons. The summed E-state index contributed by atoms with van der Waals surface area (Å²) in [5.74, 6) is 0.614. The van der Waals surface area contributed by atoms with Crippen molar-refractivity contribution in [2.24, 2.45) is 4.99 Å². The molecule has 0 saturated carbocycles. The van der Waals surface area contributed by atoms with Crippen LogP contribution in [0.4, 0.5) is 0 Å². The number of aliphatic imine (C=N–C) groups is 1. The highest BCUT2D eigenvalue weighted by Gasteiger charge is 2.08. The van der Waals surface area contributed by atoms with Crippen LogP contribution in [-0.4, -0.2) is 38.0 Å². The van der Waals surface area contributed by atoms with Crippen LogP contribution >= 0.6 is 11.6 Å². The predicted octanol–water partition coefficient (Wildman–Crippen LogP) is 2.43. The Morgan fingerprint density at radius 2 is 1.86 bits per heavy atom. The smallest absolute Gasteiger partial charge is 0.252 e. The number of carbonyl (C=O) groups excluding carboxylic acids is 1. The van der Waals surface area contributed by atoms with E-state index in [2.05, 4.69) is 27.9 Å². The Balaban J connectivity index is 2.35. The first-order valence-corrected chi connectivity index (χ1v) is 8.11. The molecule has 5 nitrogen and oxygen atoms in total. The van der Waals surface area contributed by atoms with Gasteiger partial charge in [-0.2, -0.15) is 0 Å². The Morgan fingerprint density at radius 3 is 2.55 bits per heavy atom. The number of amides is 1. The Hall–Kier alpha value is -1.75. The quantitative estimate of drug-likeness (QED) is 0.391. The topological polar surface area (TPSA) is 65.5 Å². The Morgan fingerprint density at radius 1 is 1.14 bits per heavy atom. The van der Waals surface area contributed by atoms with E-state index in [1.54, 1.807) is 24.3 Å². The van der Waals surface area contributed by atoms with Crippen LogP contribution in [0.3, 0.4) is 0 Å². The maximum atomic E-state index is 12.0. The molecule has 0 aliphatic heterocycles. The molecule has 0 heterocycles. The number of nitrogens with zero attached hydrogens (tertiary/aromatic N) is 1. The van der Waals surface area contributed by atoms with Crippen LogP contribution in [0.15, 0.2) is 29.3 Å². The molecule has 1 amide bonds. The van der Waals surface area contributed by atoms with E-state index in [1.807, 2.05) is 6.92 Å². The van der Waals surface area contributed by atoms with Crippen molar-refractivity contribution in [1.29, 1.82) is 0 Å². The van der Waals surface area contributed by atoms with E-state index in [0.29, 0.717) is 23.7 Å². The number of halogens is 1. The van der Waals surface area contributed by atoms with Gasteiger partial charge in [0.2, 0.25) is 0 Å². The van der Waals surface area contributed by atoms with Gasteiger partial charge in [0.15, 0.2) is 5.96 Å². The average Bonchev–Trinajstić information content (AvgIpc) is 2.52. The van der Waals surface area contributed by atoms with Crippen LogP contribution in [0.2, 0.25) is 5.02 Å². The van der Waals surface area contributed by atoms with Gasteiger partial charge in [0, 0.05) is 26.2 Å². The molecule has 22 heavy (non-hydrogen) atoms. The summed E-state index contributed by atoms with van der Waals surface area (Å²) in [7, 11) is 0. The fraction of sp³-hybridized carbons (Fsp3) is 0.500. The monoisotopic (exact) mass is 324 g/mol. The zero-order valence-electron chi connectivity index (χ0n) is 13.3. The van der Waals surface area contributed by atoms with Crippen molar-refractivity contribution in [1.82, 2.24) is 16.0 Å². The maximum absolute atomic E-state index is 12.0. The molecule has 0 bridgehead atoms. The van der Waals surface area contributed by atoms with Crippen LogP contribution in [0.25, 0.3) is 0 Å². The molecular weight excluding hydrogens is 300 g/mol. The van der Waals surface area contributed by atoms with E-state index in [0.717, 1.165) is 31.9 Å². The first-order chi connectivity index (χ1) is 10.7. The van der Waals surface area contributed by atoms with Gasteiger partial charge < -0.3 is 16.0 Å². The van der Waals surface area contributed by atoms with Crippen molar-refractivity contribution < 1.29 is 4.79 Å². The molecule has 3 N–H and O–H groups in total. The van der Waals surface area contributed by atoms with Gasteiger partial charge in [0.25, 0.3) is 5.91 Å². The molecule has 0 atom stereocenters. The van der Waals surface area contributed by atoms with E-state index < -0.39 is 0 Å². The fourth-order valence-corrected chi connectivity index (χ4v) is 2.01. The summed E-state index contributed by atoms with van der Waals surface area (Å²) in [5.41, 5.74) is 0.493. The minimum Gasteiger partial charge on any atom is -0.357 e. The molecule has 0 unspecified atom stereocenters. The van der Waals surface area contributed by atoms with Crippen LogP contribution in [-0.2, 0) is 0 Å². The van der Waals surface area contributed by atoms with E-state index in [4.69, 9.17) is 11.6 Å². The van der Waals surface area contributed by atoms with Gasteiger partial charge in [0.05, 0.1) is 10.6 Å². The highest BCUT2D eigenvalue weighted by molar-refractivity contribution is 6.33. The van der Waals surface area contributed by atoms with Gasteiger partial charge in [0.1, 0.15) is 0 Å². The summed E-state index contributed by atoms with van der Waals surface area (Å²) in [5, 5.41) is 9.66. The van der Waals surface area contributed by atoms with Gasteiger partial charge in [-0.15, -0.1) is 0 Å². The SMILES string of the molecule is CCCCN=C(NCC)NCCNC(=O)c1ccccc1Cl. The minimum absolute atomic E-state index is 0.166. The van der Waals surface area contributed by atoms with E-state index in [1.165, 1.54) is 0 Å². The van der Waals surface area contributed by atoms with E-state index >= 15 is 0 Å². The standard InChI is InChI=1S/C16H25ClN4O/c1-3-5-10-20-16(18-4-2)21-12-11-19-15(22)13-8-6-7-9-14(13)17/h6-9H,3-5,10-12H2,1-2H3,(H,19,22)(H2,18,20,21). The molecule has 1 aromatic carbocycles. The number of hydrogen-bond donors (Lipinski definition) is 3. The molecule has 0 fully saturated rings. The summed E-state index contributed by atoms with van der Waals surface area (Å²) in [6, 6.07) is 7.01. The lowest BCUT2D eigenvalue weighted by Crippen LogP contribution is -2.41. The average molecular weight is 325 g/mol. The zero-order chi connectivity index (χ0) is 16.2. The molecule has 1 rings (SSSR count). The number of unbranched alkanes of at least 4 members (excludes halogenated alkanes) is 1. The Kier molecular flexibility index (Phi) is 9.07. The van der Waals surface area contributed by atoms with E-state index in [-0.39, 0.29) is 5.91 Å². The van der Waals surface area contributed by atoms with Crippen molar-refractivity contribution in [2.75, 3.05) is 26.2 Å². The van der Waals surface area contributed by atoms with Gasteiger partial charge in [-0.3, -0.25) is 9.79 Å². The number of nitrogens with one attached hydrogen (secondary N) is 3. The lowest BCUT2D eigenvalue weighted by molar-refractivity contribution is 0.0954. The summed E-state index contributed by atoms with van der Waals surface area (Å²) in [6.45, 7) is 6.88. The van der Waals surface area contributed by atoms with Crippen molar-refractivity contribution in [3.05, 3.63) is 34.9 Å². The molecule has 0 saturated heterocycles. The molecule has 0 aromatic heterocycles. The van der Waals surface area contributed by atoms with Gasteiger partial charge in [-0.25, -0.2) is 0 Å². The largest absolute Gasteiger partial charge is 0.357 e. The second-order valence-corrected chi connectivity index (χ2v) is 5.18. The van der Waals surface area contributed by atoms with Gasteiger partial charge >= 0.3 is 0 Å². The maximum Gasteiger partial charge on any atom is 0.252 e. The van der Waals surface area contributed by atoms with Crippen molar-refractivity contribution in [2.45, 2.75) is 26.7 Å². The van der Waals surface area contributed by atoms with Crippen molar-refractivity contribution in [3.8, 4) is 0 Å². The minimum atomic E-state index is -0.166. The van der Waals surface area contributed by atoms with Gasteiger partial charge in [-0.1, -0.05) is 37.1 Å². The zero-order valence-corrected chi connectivity index (χ0v) is 14.0. The second kappa shape index (κ2) is 10.9. The Labute approximate surface area is 137 Å². The summed E-state index contributed by atoms with van der Waals surface area (Å²) >= 11 is 5.99. The third-order valence-electron chi connectivity index (χ3n) is 2.95. The lowest BCUT2D eigenvalue weighted by Gasteiger charge is -2.12. The molecule has 0 radical (unpaired) electrons. The number of rotatable bonds is 8. The third-order valence-corrected chi connectivity index (χ3v) is 3.28. The van der Waals surface area contributed by atoms with Crippen LogP contribution in [0.1, 0.15) is 37.0 Å². The summed E-state index contributed by atoms with van der Waals surface area (Å²) in [6.07, 6.45) is 2.19. The molecular formula is C16H25ClN4O. The molecule has 6 heteroatoms. The van der Waals surface area contributed by atoms with Crippen LogP contribution in [0.5, 0.6) is 0 Å². The summed E-state index contributed by atoms with van der Waals surface area (Å²) in [4.78, 5) is 16.4. The lowest BCUT2D eigenvalue weighted by atomic mass is 10.2. The number of guanidine groups is 1. The first-order valence-electron chi connectivity index (χ1n) is 7.74. The highest BCUT2D eigenvalue weighted by Crippen LogP contribution is 2.14. The number of carbonyl (C=O) groups is 1. The molecule has 1 aromatic rings. The first kappa shape index (κ1) is 18.3.